The minimum Gasteiger partial charge on any atom is -0.478 e. The molecule has 1 amide bonds. The lowest BCUT2D eigenvalue weighted by Crippen LogP contribution is -2.35. The van der Waals surface area contributed by atoms with Crippen LogP contribution in [0.1, 0.15) is 47.3 Å². The summed E-state index contributed by atoms with van der Waals surface area (Å²) in [5, 5.41) is 2.05. The summed E-state index contributed by atoms with van der Waals surface area (Å²) in [6.07, 6.45) is 5.09. The molecule has 0 radical (unpaired) electrons. The number of thiophene rings is 1. The van der Waals surface area contributed by atoms with Crippen LogP contribution >= 0.6 is 11.3 Å². The second-order valence-electron chi connectivity index (χ2n) is 6.74. The zero-order valence-electron chi connectivity index (χ0n) is 15.1. The van der Waals surface area contributed by atoms with E-state index in [9.17, 15) is 4.79 Å². The van der Waals surface area contributed by atoms with Gasteiger partial charge in [-0.25, -0.2) is 4.98 Å². The van der Waals surface area contributed by atoms with Gasteiger partial charge in [-0.2, -0.15) is 4.98 Å². The van der Waals surface area contributed by atoms with E-state index in [4.69, 9.17) is 4.74 Å². The summed E-state index contributed by atoms with van der Waals surface area (Å²) in [7, 11) is 0. The molecule has 2 fully saturated rings. The fourth-order valence-corrected chi connectivity index (χ4v) is 4.34. The molecule has 0 unspecified atom stereocenters. The second-order valence-corrected chi connectivity index (χ2v) is 7.66. The zero-order valence-corrected chi connectivity index (χ0v) is 15.9. The lowest BCUT2D eigenvalue weighted by Gasteiger charge is -2.22. The molecule has 0 N–H and O–H groups in total. The van der Waals surface area contributed by atoms with Crippen LogP contribution in [0.5, 0.6) is 5.88 Å². The van der Waals surface area contributed by atoms with E-state index in [1.165, 1.54) is 18.4 Å². The third-order valence-corrected chi connectivity index (χ3v) is 5.80. The van der Waals surface area contributed by atoms with Crippen molar-refractivity contribution in [1.29, 1.82) is 0 Å². The van der Waals surface area contributed by atoms with Gasteiger partial charge in [0, 0.05) is 38.4 Å². The van der Waals surface area contributed by atoms with E-state index in [0.717, 1.165) is 30.9 Å². The Balaban J connectivity index is 1.44. The predicted octanol–water partition coefficient (Wildman–Crippen LogP) is 3.17. The van der Waals surface area contributed by atoms with Crippen molar-refractivity contribution in [3.8, 4) is 5.88 Å². The lowest BCUT2D eigenvalue weighted by atomic mass is 10.1. The van der Waals surface area contributed by atoms with Crippen LogP contribution in [0.4, 0.5) is 5.95 Å². The van der Waals surface area contributed by atoms with Crippen LogP contribution in [-0.4, -0.2) is 53.6 Å². The standard InChI is InChI=1S/C19H24N4O2S/c1-2-25-16-6-8-20-19(21-16)23-10-3-9-22(11-12-23)18(24)17-15(7-13-26-17)14-4-5-14/h6-8,13-14H,2-5,9-12H2,1H3. The third-order valence-electron chi connectivity index (χ3n) is 4.88. The van der Waals surface area contributed by atoms with Gasteiger partial charge in [-0.1, -0.05) is 0 Å². The normalized spacial score (nSPS) is 17.9. The molecule has 0 bridgehead atoms. The zero-order chi connectivity index (χ0) is 17.9. The van der Waals surface area contributed by atoms with Crippen molar-refractivity contribution in [3.05, 3.63) is 34.2 Å². The van der Waals surface area contributed by atoms with E-state index in [0.29, 0.717) is 30.9 Å². The Hall–Kier alpha value is -2.15. The number of aromatic nitrogens is 2. The average molecular weight is 372 g/mol. The number of anilines is 1. The molecule has 138 valence electrons. The highest BCUT2D eigenvalue weighted by Crippen LogP contribution is 2.43. The molecular formula is C19H24N4O2S. The molecule has 2 aromatic heterocycles. The fourth-order valence-electron chi connectivity index (χ4n) is 3.39. The summed E-state index contributed by atoms with van der Waals surface area (Å²) >= 11 is 1.58. The van der Waals surface area contributed by atoms with Crippen molar-refractivity contribution >= 4 is 23.2 Å². The molecule has 1 aliphatic heterocycles. The van der Waals surface area contributed by atoms with Crippen molar-refractivity contribution in [3.63, 3.8) is 0 Å². The summed E-state index contributed by atoms with van der Waals surface area (Å²) < 4.78 is 5.48. The van der Waals surface area contributed by atoms with Gasteiger partial charge in [0.05, 0.1) is 11.5 Å². The number of hydrogen-bond donors (Lipinski definition) is 0. The first-order chi connectivity index (χ1) is 12.8. The number of hydrogen-bond acceptors (Lipinski definition) is 6. The van der Waals surface area contributed by atoms with Gasteiger partial charge in [0.1, 0.15) is 0 Å². The maximum absolute atomic E-state index is 13.0. The SMILES string of the molecule is CCOc1ccnc(N2CCCN(C(=O)c3sccc3C3CC3)CC2)n1. The first kappa shape index (κ1) is 17.3. The Morgan fingerprint density at radius 2 is 2.15 bits per heavy atom. The van der Waals surface area contributed by atoms with Crippen LogP contribution in [-0.2, 0) is 0 Å². The molecule has 0 spiro atoms. The maximum atomic E-state index is 13.0. The highest BCUT2D eigenvalue weighted by molar-refractivity contribution is 7.12. The summed E-state index contributed by atoms with van der Waals surface area (Å²) in [5.41, 5.74) is 1.26. The van der Waals surface area contributed by atoms with E-state index in [-0.39, 0.29) is 5.91 Å². The number of carbonyl (C=O) groups is 1. The first-order valence-electron chi connectivity index (χ1n) is 9.33. The highest BCUT2D eigenvalue weighted by Gasteiger charge is 2.31. The fraction of sp³-hybridized carbons (Fsp3) is 0.526. The summed E-state index contributed by atoms with van der Waals surface area (Å²) in [6, 6.07) is 3.91. The molecule has 6 nitrogen and oxygen atoms in total. The van der Waals surface area contributed by atoms with E-state index >= 15 is 0 Å². The van der Waals surface area contributed by atoms with Crippen molar-refractivity contribution in [2.45, 2.75) is 32.1 Å². The van der Waals surface area contributed by atoms with Crippen LogP contribution < -0.4 is 9.64 Å². The van der Waals surface area contributed by atoms with Crippen molar-refractivity contribution in [2.24, 2.45) is 0 Å². The van der Waals surface area contributed by atoms with Gasteiger partial charge in [-0.15, -0.1) is 11.3 Å². The van der Waals surface area contributed by atoms with Crippen LogP contribution in [0.25, 0.3) is 0 Å². The monoisotopic (exact) mass is 372 g/mol. The number of carbonyl (C=O) groups excluding carboxylic acids is 1. The van der Waals surface area contributed by atoms with Crippen LogP contribution in [0.15, 0.2) is 23.7 Å². The Morgan fingerprint density at radius 3 is 2.96 bits per heavy atom. The van der Waals surface area contributed by atoms with Crippen LogP contribution in [0.3, 0.4) is 0 Å². The topological polar surface area (TPSA) is 58.6 Å². The molecule has 0 atom stereocenters. The molecule has 3 heterocycles. The number of amides is 1. The van der Waals surface area contributed by atoms with Gasteiger partial charge in [-0.05, 0) is 49.1 Å². The smallest absolute Gasteiger partial charge is 0.264 e. The predicted molar refractivity (Wildman–Crippen MR) is 102 cm³/mol. The van der Waals surface area contributed by atoms with E-state index < -0.39 is 0 Å². The molecule has 0 aromatic carbocycles. The maximum Gasteiger partial charge on any atom is 0.264 e. The van der Waals surface area contributed by atoms with E-state index in [2.05, 4.69) is 26.3 Å². The van der Waals surface area contributed by atoms with E-state index in [1.54, 1.807) is 23.6 Å². The second kappa shape index (κ2) is 7.61. The molecule has 2 aliphatic rings. The van der Waals surface area contributed by atoms with Gasteiger partial charge in [0.2, 0.25) is 11.8 Å². The average Bonchev–Trinajstić information content (AvgIpc) is 3.43. The van der Waals surface area contributed by atoms with Gasteiger partial charge < -0.3 is 14.5 Å². The summed E-state index contributed by atoms with van der Waals surface area (Å²) in [6.45, 7) is 5.59. The first-order valence-corrected chi connectivity index (χ1v) is 10.2. The minimum absolute atomic E-state index is 0.188. The van der Waals surface area contributed by atoms with Gasteiger partial charge >= 0.3 is 0 Å². The molecule has 1 saturated carbocycles. The minimum atomic E-state index is 0.188. The molecule has 2 aromatic rings. The van der Waals surface area contributed by atoms with Crippen molar-refractivity contribution in [2.75, 3.05) is 37.7 Å². The molecular weight excluding hydrogens is 348 g/mol. The van der Waals surface area contributed by atoms with Gasteiger partial charge in [0.15, 0.2) is 0 Å². The molecule has 1 aliphatic carbocycles. The number of nitrogens with zero attached hydrogens (tertiary/aromatic N) is 4. The molecule has 1 saturated heterocycles. The number of ether oxygens (including phenoxy) is 1. The highest BCUT2D eigenvalue weighted by atomic mass is 32.1. The van der Waals surface area contributed by atoms with Gasteiger partial charge in [0.25, 0.3) is 5.91 Å². The number of rotatable bonds is 5. The largest absolute Gasteiger partial charge is 0.478 e. The molecule has 26 heavy (non-hydrogen) atoms. The van der Waals surface area contributed by atoms with Gasteiger partial charge in [-0.3, -0.25) is 4.79 Å². The van der Waals surface area contributed by atoms with Crippen LogP contribution in [0.2, 0.25) is 0 Å². The Kier molecular flexibility index (Phi) is 5.06. The van der Waals surface area contributed by atoms with E-state index in [1.807, 2.05) is 11.8 Å². The lowest BCUT2D eigenvalue weighted by molar-refractivity contribution is 0.0771. The molecule has 7 heteroatoms. The van der Waals surface area contributed by atoms with Crippen molar-refractivity contribution < 1.29 is 9.53 Å². The summed E-state index contributed by atoms with van der Waals surface area (Å²) in [4.78, 5) is 27.0. The Morgan fingerprint density at radius 1 is 1.27 bits per heavy atom. The van der Waals surface area contributed by atoms with Crippen LogP contribution in [0, 0.1) is 0 Å². The quantitative estimate of drug-likeness (QED) is 0.807. The molecule has 4 rings (SSSR count). The Bertz CT molecular complexity index is 774. The van der Waals surface area contributed by atoms with Crippen molar-refractivity contribution in [1.82, 2.24) is 14.9 Å². The summed E-state index contributed by atoms with van der Waals surface area (Å²) in [5.74, 6) is 2.08. The third kappa shape index (κ3) is 3.67. The Labute approximate surface area is 157 Å².